The summed E-state index contributed by atoms with van der Waals surface area (Å²) in [5.74, 6) is 1.67. The molecule has 1 saturated heterocycles. The van der Waals surface area contributed by atoms with Gasteiger partial charge in [0, 0.05) is 44.2 Å². The molecule has 0 radical (unpaired) electrons. The minimum absolute atomic E-state index is 0.158. The Bertz CT molecular complexity index is 638. The second kappa shape index (κ2) is 7.21. The maximum absolute atomic E-state index is 13.0. The van der Waals surface area contributed by atoms with Crippen LogP contribution in [0.3, 0.4) is 0 Å². The summed E-state index contributed by atoms with van der Waals surface area (Å²) in [7, 11) is 4.57. The number of amides is 2. The molecule has 3 rings (SSSR count). The Morgan fingerprint density at radius 3 is 1.84 bits per heavy atom. The molecule has 136 valence electrons. The maximum Gasteiger partial charge on any atom is 0.261 e. The lowest BCUT2D eigenvalue weighted by atomic mass is 10.1. The number of methoxy groups -OCH3 is 3. The molecule has 1 heterocycles. The molecule has 1 aromatic rings. The molecule has 0 spiro atoms. The molecular formula is C18H24N2O5. The zero-order valence-electron chi connectivity index (χ0n) is 14.9. The molecule has 0 atom stereocenters. The van der Waals surface area contributed by atoms with Crippen molar-refractivity contribution in [2.45, 2.75) is 12.8 Å². The van der Waals surface area contributed by atoms with Gasteiger partial charge in [0.2, 0.25) is 5.91 Å². The lowest BCUT2D eigenvalue weighted by molar-refractivity contribution is -0.134. The van der Waals surface area contributed by atoms with E-state index in [1.807, 2.05) is 4.90 Å². The minimum atomic E-state index is -0.158. The van der Waals surface area contributed by atoms with Gasteiger partial charge in [-0.05, 0) is 12.8 Å². The average Bonchev–Trinajstić information content (AvgIpc) is 3.51. The van der Waals surface area contributed by atoms with E-state index in [1.54, 1.807) is 24.1 Å². The number of rotatable bonds is 5. The van der Waals surface area contributed by atoms with Gasteiger partial charge in [-0.25, -0.2) is 0 Å². The van der Waals surface area contributed by atoms with Crippen molar-refractivity contribution < 1.29 is 23.8 Å². The summed E-state index contributed by atoms with van der Waals surface area (Å²) < 4.78 is 16.0. The van der Waals surface area contributed by atoms with Gasteiger partial charge in [-0.3, -0.25) is 9.59 Å². The molecule has 25 heavy (non-hydrogen) atoms. The van der Waals surface area contributed by atoms with Crippen LogP contribution in [0.5, 0.6) is 17.2 Å². The maximum atomic E-state index is 13.0. The van der Waals surface area contributed by atoms with Crippen LogP contribution in [-0.4, -0.2) is 69.1 Å². The molecule has 1 aromatic carbocycles. The molecule has 2 aliphatic rings. The standard InChI is InChI=1S/C18H24N2O5/c1-23-13-10-14(24-2)16(15(11-13)25-3)18(22)20-8-6-19(7-9-20)17(21)12-4-5-12/h10-12H,4-9H2,1-3H3. The zero-order chi connectivity index (χ0) is 18.0. The summed E-state index contributed by atoms with van der Waals surface area (Å²) in [6.07, 6.45) is 2.00. The summed E-state index contributed by atoms with van der Waals surface area (Å²) in [6.45, 7) is 2.16. The third-order valence-corrected chi connectivity index (χ3v) is 4.73. The molecule has 1 aliphatic carbocycles. The Balaban J connectivity index is 1.76. The minimum Gasteiger partial charge on any atom is -0.496 e. The first-order chi connectivity index (χ1) is 12.1. The zero-order valence-corrected chi connectivity index (χ0v) is 14.9. The summed E-state index contributed by atoms with van der Waals surface area (Å²) in [5.41, 5.74) is 0.382. The first kappa shape index (κ1) is 17.4. The number of hydrogen-bond donors (Lipinski definition) is 0. The molecule has 2 amide bonds. The average molecular weight is 348 g/mol. The van der Waals surface area contributed by atoms with Gasteiger partial charge in [0.05, 0.1) is 21.3 Å². The lowest BCUT2D eigenvalue weighted by Crippen LogP contribution is -2.51. The Morgan fingerprint density at radius 1 is 0.880 bits per heavy atom. The van der Waals surface area contributed by atoms with Crippen LogP contribution >= 0.6 is 0 Å². The van der Waals surface area contributed by atoms with Crippen molar-refractivity contribution in [3.63, 3.8) is 0 Å². The number of hydrogen-bond acceptors (Lipinski definition) is 5. The summed E-state index contributed by atoms with van der Waals surface area (Å²) in [4.78, 5) is 28.8. The van der Waals surface area contributed by atoms with Gasteiger partial charge in [-0.1, -0.05) is 0 Å². The van der Waals surface area contributed by atoms with Gasteiger partial charge in [0.15, 0.2) is 0 Å². The third kappa shape index (κ3) is 3.50. The molecule has 0 aromatic heterocycles. The van der Waals surface area contributed by atoms with E-state index < -0.39 is 0 Å². The van der Waals surface area contributed by atoms with Crippen LogP contribution in [0.2, 0.25) is 0 Å². The Hall–Kier alpha value is -2.44. The van der Waals surface area contributed by atoms with Crippen LogP contribution in [-0.2, 0) is 4.79 Å². The summed E-state index contributed by atoms with van der Waals surface area (Å²) in [6, 6.07) is 3.34. The molecule has 1 aliphatic heterocycles. The third-order valence-electron chi connectivity index (χ3n) is 4.73. The van der Waals surface area contributed by atoms with Crippen molar-refractivity contribution in [2.75, 3.05) is 47.5 Å². The highest BCUT2D eigenvalue weighted by Gasteiger charge is 2.36. The number of carbonyl (C=O) groups excluding carboxylic acids is 2. The van der Waals surface area contributed by atoms with E-state index in [0.29, 0.717) is 49.0 Å². The number of nitrogens with zero attached hydrogens (tertiary/aromatic N) is 2. The van der Waals surface area contributed by atoms with E-state index in [0.717, 1.165) is 12.8 Å². The van der Waals surface area contributed by atoms with E-state index >= 15 is 0 Å². The van der Waals surface area contributed by atoms with Gasteiger partial charge in [0.1, 0.15) is 22.8 Å². The fourth-order valence-corrected chi connectivity index (χ4v) is 3.09. The predicted molar refractivity (Wildman–Crippen MR) is 91.3 cm³/mol. The van der Waals surface area contributed by atoms with E-state index in [4.69, 9.17) is 14.2 Å². The molecule has 2 fully saturated rings. The fourth-order valence-electron chi connectivity index (χ4n) is 3.09. The molecule has 7 nitrogen and oxygen atoms in total. The van der Waals surface area contributed by atoms with Crippen LogP contribution in [0, 0.1) is 5.92 Å². The quantitative estimate of drug-likeness (QED) is 0.805. The molecule has 0 unspecified atom stereocenters. The van der Waals surface area contributed by atoms with Gasteiger partial charge in [-0.2, -0.15) is 0 Å². The van der Waals surface area contributed by atoms with Crippen LogP contribution in [0.1, 0.15) is 23.2 Å². The van der Waals surface area contributed by atoms with Crippen LogP contribution < -0.4 is 14.2 Å². The van der Waals surface area contributed by atoms with Crippen LogP contribution in [0.25, 0.3) is 0 Å². The van der Waals surface area contributed by atoms with Crippen molar-refractivity contribution in [3.05, 3.63) is 17.7 Å². The highest BCUT2D eigenvalue weighted by atomic mass is 16.5. The SMILES string of the molecule is COc1cc(OC)c(C(=O)N2CCN(C(=O)C3CC3)CC2)c(OC)c1. The van der Waals surface area contributed by atoms with E-state index in [9.17, 15) is 9.59 Å². The van der Waals surface area contributed by atoms with Crippen molar-refractivity contribution in [1.29, 1.82) is 0 Å². The highest BCUT2D eigenvalue weighted by Crippen LogP contribution is 2.35. The molecule has 7 heteroatoms. The van der Waals surface area contributed by atoms with Gasteiger partial charge in [0.25, 0.3) is 5.91 Å². The van der Waals surface area contributed by atoms with Crippen molar-refractivity contribution in [2.24, 2.45) is 5.92 Å². The first-order valence-corrected chi connectivity index (χ1v) is 8.47. The van der Waals surface area contributed by atoms with Crippen LogP contribution in [0.15, 0.2) is 12.1 Å². The van der Waals surface area contributed by atoms with E-state index in [1.165, 1.54) is 14.2 Å². The fraction of sp³-hybridized carbons (Fsp3) is 0.556. The van der Waals surface area contributed by atoms with Crippen molar-refractivity contribution >= 4 is 11.8 Å². The summed E-state index contributed by atoms with van der Waals surface area (Å²) >= 11 is 0. The molecular weight excluding hydrogens is 324 g/mol. The normalized spacial score (nSPS) is 17.2. The van der Waals surface area contributed by atoms with Gasteiger partial charge >= 0.3 is 0 Å². The largest absolute Gasteiger partial charge is 0.496 e. The molecule has 0 bridgehead atoms. The molecule has 1 saturated carbocycles. The monoisotopic (exact) mass is 348 g/mol. The lowest BCUT2D eigenvalue weighted by Gasteiger charge is -2.35. The predicted octanol–water partition coefficient (Wildman–Crippen LogP) is 1.41. The van der Waals surface area contributed by atoms with Crippen molar-refractivity contribution in [3.8, 4) is 17.2 Å². The molecule has 0 N–H and O–H groups in total. The van der Waals surface area contributed by atoms with E-state index in [2.05, 4.69) is 0 Å². The van der Waals surface area contributed by atoms with Crippen LogP contribution in [0.4, 0.5) is 0 Å². The topological polar surface area (TPSA) is 68.3 Å². The highest BCUT2D eigenvalue weighted by molar-refractivity contribution is 6.00. The Morgan fingerprint density at radius 2 is 1.40 bits per heavy atom. The smallest absolute Gasteiger partial charge is 0.261 e. The van der Waals surface area contributed by atoms with Crippen molar-refractivity contribution in [1.82, 2.24) is 9.80 Å². The second-order valence-electron chi connectivity index (χ2n) is 6.30. The Kier molecular flexibility index (Phi) is 5.01. The Labute approximate surface area is 147 Å². The number of piperazine rings is 1. The number of carbonyl (C=O) groups is 2. The van der Waals surface area contributed by atoms with Gasteiger partial charge in [-0.15, -0.1) is 0 Å². The van der Waals surface area contributed by atoms with E-state index in [-0.39, 0.29) is 17.7 Å². The number of benzene rings is 1. The van der Waals surface area contributed by atoms with Gasteiger partial charge < -0.3 is 24.0 Å². The summed E-state index contributed by atoms with van der Waals surface area (Å²) in [5, 5.41) is 0. The second-order valence-corrected chi connectivity index (χ2v) is 6.30. The number of ether oxygens (including phenoxy) is 3. The first-order valence-electron chi connectivity index (χ1n) is 8.47.